The summed E-state index contributed by atoms with van der Waals surface area (Å²) in [5.41, 5.74) is 0. The Morgan fingerprint density at radius 1 is 0.800 bits per heavy atom. The number of hydrogen-bond donors (Lipinski definition) is 0. The maximum absolute atomic E-state index is 12.2. The molecule has 74 valence electrons. The molecule has 3 heteroatoms. The van der Waals surface area contributed by atoms with Crippen molar-refractivity contribution in [2.45, 2.75) is 9.79 Å². The smallest absolute Gasteiger partial charge is 0.249 e. The van der Waals surface area contributed by atoms with Crippen molar-refractivity contribution in [2.24, 2.45) is 0 Å². The van der Waals surface area contributed by atoms with Crippen molar-refractivity contribution in [3.63, 3.8) is 0 Å². The molecular formula is C12H8IOS+. The van der Waals surface area contributed by atoms with Gasteiger partial charge >= 0.3 is 21.2 Å². The molecule has 15 heavy (non-hydrogen) atoms. The molecule has 0 bridgehead atoms. The quantitative estimate of drug-likeness (QED) is 0.499. The Labute approximate surface area is 101 Å². The first-order valence-electron chi connectivity index (χ1n) is 4.61. The van der Waals surface area contributed by atoms with Crippen LogP contribution >= 0.6 is 0 Å². The van der Waals surface area contributed by atoms with Crippen LogP contribution in [0.1, 0.15) is 0 Å². The molecule has 1 aliphatic heterocycles. The molecule has 0 aromatic heterocycles. The second-order valence-corrected chi connectivity index (χ2v) is 7.50. The molecule has 0 N–H and O–H groups in total. The fraction of sp³-hybridized carbons (Fsp3) is 0. The standard InChI is InChI=1S/C12H8IOS/c14-15-11-7-3-1-5-9(11)13-10-6-2-4-8-12(10)15/h1-8H/q+1. The Morgan fingerprint density at radius 2 is 1.27 bits per heavy atom. The van der Waals surface area contributed by atoms with Gasteiger partial charge in [0, 0.05) is 0 Å². The lowest BCUT2D eigenvalue weighted by Gasteiger charge is -2.07. The summed E-state index contributed by atoms with van der Waals surface area (Å²) in [6.07, 6.45) is 0. The fourth-order valence-electron chi connectivity index (χ4n) is 1.57. The van der Waals surface area contributed by atoms with E-state index >= 15 is 0 Å². The van der Waals surface area contributed by atoms with E-state index in [4.69, 9.17) is 0 Å². The molecule has 0 fully saturated rings. The van der Waals surface area contributed by atoms with Crippen molar-refractivity contribution >= 4 is 10.8 Å². The van der Waals surface area contributed by atoms with Gasteiger partial charge in [-0.25, -0.2) is 4.21 Å². The van der Waals surface area contributed by atoms with Crippen LogP contribution in [0.25, 0.3) is 0 Å². The van der Waals surface area contributed by atoms with Gasteiger partial charge in [-0.2, -0.15) is 0 Å². The Bertz CT molecular complexity index is 503. The molecule has 2 aromatic carbocycles. The SMILES string of the molecule is O=S1c2ccccc2[I+]c2ccccc21. The van der Waals surface area contributed by atoms with Crippen LogP contribution in [-0.4, -0.2) is 4.21 Å². The number of fused-ring (bicyclic) bond motifs is 2. The highest BCUT2D eigenvalue weighted by Crippen LogP contribution is 2.17. The van der Waals surface area contributed by atoms with Gasteiger partial charge in [0.15, 0.2) is 0 Å². The van der Waals surface area contributed by atoms with Crippen LogP contribution in [0.2, 0.25) is 0 Å². The van der Waals surface area contributed by atoms with E-state index in [0.717, 1.165) is 9.79 Å². The van der Waals surface area contributed by atoms with Gasteiger partial charge in [0.2, 0.25) is 7.14 Å². The van der Waals surface area contributed by atoms with Crippen LogP contribution < -0.4 is 21.2 Å². The molecule has 0 spiro atoms. The number of hydrogen-bond acceptors (Lipinski definition) is 1. The lowest BCUT2D eigenvalue weighted by molar-refractivity contribution is -0.606. The first-order chi connectivity index (χ1) is 7.36. The molecule has 0 aliphatic carbocycles. The van der Waals surface area contributed by atoms with Crippen molar-refractivity contribution in [3.05, 3.63) is 55.7 Å². The van der Waals surface area contributed by atoms with Gasteiger partial charge in [0.25, 0.3) is 0 Å². The van der Waals surface area contributed by atoms with Gasteiger partial charge in [0.05, 0.1) is 20.6 Å². The van der Waals surface area contributed by atoms with Crippen LogP contribution in [0.5, 0.6) is 0 Å². The highest BCUT2D eigenvalue weighted by molar-refractivity contribution is 7.85. The van der Waals surface area contributed by atoms with E-state index in [9.17, 15) is 4.21 Å². The van der Waals surface area contributed by atoms with Crippen LogP contribution in [0.15, 0.2) is 58.3 Å². The Morgan fingerprint density at radius 3 is 1.80 bits per heavy atom. The van der Waals surface area contributed by atoms with Gasteiger partial charge in [-0.3, -0.25) is 0 Å². The van der Waals surface area contributed by atoms with E-state index in [1.165, 1.54) is 7.14 Å². The molecule has 1 aliphatic rings. The Hall–Kier alpha value is -0.680. The zero-order valence-electron chi connectivity index (χ0n) is 7.81. The maximum Gasteiger partial charge on any atom is 0.360 e. The third-order valence-corrected chi connectivity index (χ3v) is 7.56. The molecule has 0 saturated heterocycles. The van der Waals surface area contributed by atoms with Gasteiger partial charge < -0.3 is 0 Å². The maximum atomic E-state index is 12.2. The second kappa shape index (κ2) is 3.72. The number of rotatable bonds is 0. The Balaban J connectivity index is 2.24. The predicted molar refractivity (Wildman–Crippen MR) is 55.0 cm³/mol. The van der Waals surface area contributed by atoms with Gasteiger partial charge in [0.1, 0.15) is 0 Å². The van der Waals surface area contributed by atoms with Gasteiger partial charge in [-0.1, -0.05) is 24.3 Å². The third-order valence-electron chi connectivity index (χ3n) is 2.28. The summed E-state index contributed by atoms with van der Waals surface area (Å²) in [5.74, 6) is 0. The molecule has 0 amide bonds. The van der Waals surface area contributed by atoms with Crippen molar-refractivity contribution < 1.29 is 25.4 Å². The summed E-state index contributed by atoms with van der Waals surface area (Å²) in [4.78, 5) is 2.04. The molecule has 1 heterocycles. The molecule has 1 nitrogen and oxygen atoms in total. The Kier molecular flexibility index (Phi) is 2.36. The molecule has 0 radical (unpaired) electrons. The highest BCUT2D eigenvalue weighted by atomic mass is 127. The summed E-state index contributed by atoms with van der Waals surface area (Å²) < 4.78 is 14.8. The molecule has 0 saturated carbocycles. The molecule has 3 rings (SSSR count). The average Bonchev–Trinajstić information content (AvgIpc) is 2.30. The van der Waals surface area contributed by atoms with Crippen LogP contribution in [0.3, 0.4) is 0 Å². The van der Waals surface area contributed by atoms with E-state index in [0.29, 0.717) is 0 Å². The monoisotopic (exact) mass is 327 g/mol. The summed E-state index contributed by atoms with van der Waals surface area (Å²) >= 11 is -0.145. The minimum absolute atomic E-state index is 0.145. The summed E-state index contributed by atoms with van der Waals surface area (Å²) in [5, 5.41) is 0. The molecule has 0 atom stereocenters. The fourth-order valence-corrected chi connectivity index (χ4v) is 6.72. The van der Waals surface area contributed by atoms with E-state index < -0.39 is 10.8 Å². The summed E-state index contributed by atoms with van der Waals surface area (Å²) in [7, 11) is -0.963. The lowest BCUT2D eigenvalue weighted by Crippen LogP contribution is -3.62. The second-order valence-electron chi connectivity index (χ2n) is 3.22. The minimum Gasteiger partial charge on any atom is -0.249 e. The van der Waals surface area contributed by atoms with E-state index in [1.54, 1.807) is 0 Å². The van der Waals surface area contributed by atoms with Crippen LogP contribution in [0, 0.1) is 7.14 Å². The largest absolute Gasteiger partial charge is 0.360 e. The number of halogens is 1. The van der Waals surface area contributed by atoms with Crippen LogP contribution in [0.4, 0.5) is 0 Å². The van der Waals surface area contributed by atoms with Crippen molar-refractivity contribution in [2.75, 3.05) is 0 Å². The normalized spacial score (nSPS) is 14.4. The zero-order chi connectivity index (χ0) is 10.3. The third kappa shape index (κ3) is 1.54. The highest BCUT2D eigenvalue weighted by Gasteiger charge is 2.33. The molecule has 0 unspecified atom stereocenters. The first kappa shape index (κ1) is 9.54. The van der Waals surface area contributed by atoms with Crippen molar-refractivity contribution in [3.8, 4) is 0 Å². The predicted octanol–water partition coefficient (Wildman–Crippen LogP) is -0.705. The van der Waals surface area contributed by atoms with Gasteiger partial charge in [-0.05, 0) is 24.3 Å². The summed E-state index contributed by atoms with van der Waals surface area (Å²) in [6.45, 7) is 0. The molecular weight excluding hydrogens is 319 g/mol. The van der Waals surface area contributed by atoms with Gasteiger partial charge in [-0.15, -0.1) is 0 Å². The summed E-state index contributed by atoms with van der Waals surface area (Å²) in [6, 6.07) is 16.2. The van der Waals surface area contributed by atoms with E-state index in [2.05, 4.69) is 12.1 Å². The van der Waals surface area contributed by atoms with E-state index in [-0.39, 0.29) is 21.2 Å². The minimum atomic E-state index is -0.963. The topological polar surface area (TPSA) is 17.1 Å². The van der Waals surface area contributed by atoms with Crippen molar-refractivity contribution in [1.82, 2.24) is 0 Å². The first-order valence-corrected chi connectivity index (χ1v) is 7.91. The van der Waals surface area contributed by atoms with Crippen molar-refractivity contribution in [1.29, 1.82) is 0 Å². The average molecular weight is 327 g/mol. The van der Waals surface area contributed by atoms with Crippen LogP contribution in [-0.2, 0) is 10.8 Å². The van der Waals surface area contributed by atoms with E-state index in [1.807, 2.05) is 36.4 Å². The number of benzene rings is 2. The zero-order valence-corrected chi connectivity index (χ0v) is 10.8. The lowest BCUT2D eigenvalue weighted by atomic mass is 10.4. The molecule has 2 aromatic rings.